The summed E-state index contributed by atoms with van der Waals surface area (Å²) in [7, 11) is 3.11. The Morgan fingerprint density at radius 3 is 2.10 bits per heavy atom. The lowest BCUT2D eigenvalue weighted by Gasteiger charge is -2.02. The first-order chi connectivity index (χ1) is 15.0. The van der Waals surface area contributed by atoms with Crippen LogP contribution in [0.4, 0.5) is 5.95 Å². The minimum Gasteiger partial charge on any atom is -0.497 e. The van der Waals surface area contributed by atoms with E-state index in [1.807, 2.05) is 0 Å². The van der Waals surface area contributed by atoms with E-state index >= 15 is 0 Å². The smallest absolute Gasteiger partial charge is 0.257 e. The molecule has 4 aromatic rings. The molecule has 0 fully saturated rings. The molecule has 0 aliphatic carbocycles. The number of imidazole rings is 1. The highest BCUT2D eigenvalue weighted by Crippen LogP contribution is 2.14. The summed E-state index contributed by atoms with van der Waals surface area (Å²) in [6, 6.07) is 13.5. The van der Waals surface area contributed by atoms with Crippen LogP contribution in [0.25, 0.3) is 11.9 Å². The summed E-state index contributed by atoms with van der Waals surface area (Å²) in [5.41, 5.74) is 7.26. The van der Waals surface area contributed by atoms with Gasteiger partial charge in [0.1, 0.15) is 11.5 Å². The number of aromatic nitrogens is 4. The Morgan fingerprint density at radius 2 is 1.52 bits per heavy atom. The van der Waals surface area contributed by atoms with Crippen LogP contribution < -0.4 is 20.6 Å². The van der Waals surface area contributed by atoms with Gasteiger partial charge in [-0.05, 0) is 48.5 Å². The molecule has 2 heterocycles. The van der Waals surface area contributed by atoms with Crippen molar-refractivity contribution in [3.8, 4) is 11.5 Å². The van der Waals surface area contributed by atoms with Crippen molar-refractivity contribution in [2.45, 2.75) is 6.42 Å². The number of ketones is 2. The van der Waals surface area contributed by atoms with Crippen molar-refractivity contribution in [3.63, 3.8) is 0 Å². The molecule has 0 unspecified atom stereocenters. The summed E-state index contributed by atoms with van der Waals surface area (Å²) in [5.74, 6) is 1.16. The monoisotopic (exact) mass is 417 g/mol. The van der Waals surface area contributed by atoms with Gasteiger partial charge in [-0.25, -0.2) is 9.38 Å². The molecule has 0 aliphatic rings. The molecule has 0 saturated carbocycles. The van der Waals surface area contributed by atoms with Gasteiger partial charge in [0.2, 0.25) is 5.95 Å². The van der Waals surface area contributed by atoms with E-state index in [9.17, 15) is 9.59 Å². The Balaban J connectivity index is 1.72. The van der Waals surface area contributed by atoms with Gasteiger partial charge in [-0.3, -0.25) is 9.59 Å². The number of nitrogens with zero attached hydrogens (tertiary/aromatic N) is 4. The average Bonchev–Trinajstić information content (AvgIpc) is 3.33. The molecule has 4 rings (SSSR count). The van der Waals surface area contributed by atoms with Crippen LogP contribution in [0.15, 0.2) is 48.5 Å². The van der Waals surface area contributed by atoms with Crippen LogP contribution in [-0.4, -0.2) is 45.4 Å². The van der Waals surface area contributed by atoms with Crippen LogP contribution in [0.5, 0.6) is 11.5 Å². The van der Waals surface area contributed by atoms with Gasteiger partial charge >= 0.3 is 0 Å². The van der Waals surface area contributed by atoms with Gasteiger partial charge in [-0.15, -0.1) is 10.2 Å². The fourth-order valence-electron chi connectivity index (χ4n) is 3.17. The van der Waals surface area contributed by atoms with E-state index in [0.29, 0.717) is 33.7 Å². The fourth-order valence-corrected chi connectivity index (χ4v) is 3.17. The summed E-state index contributed by atoms with van der Waals surface area (Å²) < 4.78 is 11.7. The van der Waals surface area contributed by atoms with Gasteiger partial charge in [0, 0.05) is 17.2 Å². The van der Waals surface area contributed by atoms with Crippen LogP contribution in [0, 0.1) is 0 Å². The van der Waals surface area contributed by atoms with Crippen LogP contribution >= 0.6 is 0 Å². The lowest BCUT2D eigenvalue weighted by atomic mass is 10.1. The maximum Gasteiger partial charge on any atom is 0.257 e. The first kappa shape index (κ1) is 20.0. The Hall–Kier alpha value is -4.27. The molecule has 9 heteroatoms. The standard InChI is InChI=1S/C22H19N5O4/c1-30-15-7-3-13(4-8-15)19(28)11-17-18(27-21(23)25-26-22(27)24-17)12-20(29)14-5-9-16(31-2)10-6-14/h3-10,12H,11H2,1-2H3,(H2,23,25). The molecular formula is C22H19N5O4. The van der Waals surface area contributed by atoms with Gasteiger partial charge in [0.15, 0.2) is 11.6 Å². The average molecular weight is 417 g/mol. The second-order valence-electron chi connectivity index (χ2n) is 6.70. The topological polar surface area (TPSA) is 122 Å². The number of nitrogens with two attached hydrogens (primary N) is 1. The van der Waals surface area contributed by atoms with Crippen molar-refractivity contribution in [1.29, 1.82) is 0 Å². The Kier molecular flexibility index (Phi) is 5.31. The van der Waals surface area contributed by atoms with E-state index in [4.69, 9.17) is 15.2 Å². The number of methoxy groups -OCH3 is 2. The molecule has 0 spiro atoms. The summed E-state index contributed by atoms with van der Waals surface area (Å²) >= 11 is 0. The minimum atomic E-state index is -0.275. The van der Waals surface area contributed by atoms with Crippen molar-refractivity contribution in [3.05, 3.63) is 70.7 Å². The summed E-state index contributed by atoms with van der Waals surface area (Å²) in [6.07, 6.45) is 1.36. The first-order valence-electron chi connectivity index (χ1n) is 9.36. The molecule has 0 radical (unpaired) electrons. The zero-order chi connectivity index (χ0) is 22.0. The van der Waals surface area contributed by atoms with E-state index in [2.05, 4.69) is 15.2 Å². The summed E-state index contributed by atoms with van der Waals surface area (Å²) in [6.45, 7) is 0. The zero-order valence-electron chi connectivity index (χ0n) is 16.9. The highest BCUT2D eigenvalue weighted by Gasteiger charge is 2.17. The molecule has 2 N–H and O–H groups in total. The van der Waals surface area contributed by atoms with Crippen LogP contribution in [-0.2, 0) is 6.42 Å². The van der Waals surface area contributed by atoms with E-state index in [-0.39, 0.29) is 29.7 Å². The second-order valence-corrected chi connectivity index (χ2v) is 6.70. The van der Waals surface area contributed by atoms with Crippen LogP contribution in [0.3, 0.4) is 0 Å². The van der Waals surface area contributed by atoms with Gasteiger partial charge in [-0.2, -0.15) is 0 Å². The van der Waals surface area contributed by atoms with E-state index < -0.39 is 0 Å². The van der Waals surface area contributed by atoms with Crippen LogP contribution in [0.2, 0.25) is 0 Å². The fraction of sp³-hybridized carbons (Fsp3) is 0.136. The van der Waals surface area contributed by atoms with Gasteiger partial charge in [0.05, 0.1) is 31.7 Å². The zero-order valence-corrected chi connectivity index (χ0v) is 16.9. The van der Waals surface area contributed by atoms with Crippen LogP contribution in [0.1, 0.15) is 26.4 Å². The number of hydrogen-bond donors (Lipinski definition) is 1. The molecule has 0 saturated heterocycles. The molecule has 0 bridgehead atoms. The SMILES string of the molecule is COc1ccc(C(=O)C=c2c(CC(=O)c3ccc(OC)cc3)nc3nnc(N)n23)cc1. The Labute approximate surface area is 177 Å². The normalized spacial score (nSPS) is 11.6. The van der Waals surface area contributed by atoms with Crippen molar-refractivity contribution < 1.29 is 19.1 Å². The number of rotatable bonds is 7. The Bertz CT molecular complexity index is 1310. The summed E-state index contributed by atoms with van der Waals surface area (Å²) in [4.78, 5) is 30.0. The van der Waals surface area contributed by atoms with Gasteiger partial charge < -0.3 is 15.2 Å². The van der Waals surface area contributed by atoms with E-state index in [0.717, 1.165) is 0 Å². The molecule has 156 valence electrons. The third-order valence-corrected chi connectivity index (χ3v) is 4.82. The number of fused-ring (bicyclic) bond motifs is 1. The van der Waals surface area contributed by atoms with E-state index in [1.165, 1.54) is 10.5 Å². The number of ether oxygens (including phenoxy) is 2. The molecular weight excluding hydrogens is 398 g/mol. The highest BCUT2D eigenvalue weighted by atomic mass is 16.5. The molecule has 2 aromatic heterocycles. The largest absolute Gasteiger partial charge is 0.497 e. The predicted octanol–water partition coefficient (Wildman–Crippen LogP) is 1.53. The molecule has 2 aromatic carbocycles. The Morgan fingerprint density at radius 1 is 0.935 bits per heavy atom. The quantitative estimate of drug-likeness (QED) is 0.449. The number of nitrogen functional groups attached to an aromatic ring is 1. The first-order valence-corrected chi connectivity index (χ1v) is 9.36. The van der Waals surface area contributed by atoms with Crippen molar-refractivity contribution in [2.24, 2.45) is 0 Å². The number of carbonyl (C=O) groups excluding carboxylic acids is 2. The van der Waals surface area contributed by atoms with Gasteiger partial charge in [0.25, 0.3) is 5.78 Å². The molecule has 0 atom stereocenters. The molecule has 0 aliphatic heterocycles. The molecule has 31 heavy (non-hydrogen) atoms. The highest BCUT2D eigenvalue weighted by molar-refractivity contribution is 6.17. The van der Waals surface area contributed by atoms with E-state index in [1.54, 1.807) is 62.8 Å². The number of Topliss-reactive ketones (excluding diaryl/α,β-unsaturated/α-hetero) is 2. The number of anilines is 1. The molecule has 0 amide bonds. The van der Waals surface area contributed by atoms with Crippen molar-refractivity contribution in [1.82, 2.24) is 19.6 Å². The maximum absolute atomic E-state index is 12.8. The third-order valence-electron chi connectivity index (χ3n) is 4.82. The number of hydrogen-bond acceptors (Lipinski definition) is 8. The third kappa shape index (κ3) is 3.93. The number of carbonyl (C=O) groups is 2. The lowest BCUT2D eigenvalue weighted by molar-refractivity contribution is 0.0990. The van der Waals surface area contributed by atoms with Crippen molar-refractivity contribution >= 4 is 29.4 Å². The minimum absolute atomic E-state index is 0.0309. The van der Waals surface area contributed by atoms with Gasteiger partial charge in [-0.1, -0.05) is 0 Å². The lowest BCUT2D eigenvalue weighted by Crippen LogP contribution is -2.20. The second kappa shape index (κ2) is 8.23. The predicted molar refractivity (Wildman–Crippen MR) is 113 cm³/mol. The maximum atomic E-state index is 12.8. The number of benzene rings is 2. The molecule has 9 nitrogen and oxygen atoms in total. The van der Waals surface area contributed by atoms with Crippen molar-refractivity contribution in [2.75, 3.05) is 20.0 Å². The summed E-state index contributed by atoms with van der Waals surface area (Å²) in [5, 5.41) is 8.08.